The number of rotatable bonds is 9. The van der Waals surface area contributed by atoms with Crippen molar-refractivity contribution in [3.8, 4) is 5.75 Å². The van der Waals surface area contributed by atoms with Crippen LogP contribution in [0.2, 0.25) is 0 Å². The minimum Gasteiger partial charge on any atom is -0.496 e. The van der Waals surface area contributed by atoms with Crippen LogP contribution in [0.1, 0.15) is 36.6 Å². The number of ether oxygens (including phenoxy) is 2. The van der Waals surface area contributed by atoms with Crippen molar-refractivity contribution in [3.05, 3.63) is 53.9 Å². The van der Waals surface area contributed by atoms with E-state index in [1.165, 1.54) is 0 Å². The van der Waals surface area contributed by atoms with Crippen molar-refractivity contribution in [2.75, 3.05) is 53.0 Å². The second kappa shape index (κ2) is 10.8. The molecular weight excluding hydrogens is 458 g/mol. The molecule has 36 heavy (non-hydrogen) atoms. The maximum Gasteiger partial charge on any atom is 0.262 e. The molecular formula is C27H35N5O4. The standard InChI is InChI=1S/C27H35N5O4/c1-29-11-5-7-23(29)22-18-24(21-6-3-4-8-25(21)35-2)32(28-22)26(33)19-31(27(34)20-9-10-20)13-12-30-14-16-36-17-15-30/h3-8,11,20,24H,9-10,12-19H2,1-2H3/t24-/m0/s1. The third-order valence-electron chi connectivity index (χ3n) is 7.26. The molecule has 0 bridgehead atoms. The molecule has 0 N–H and O–H groups in total. The van der Waals surface area contributed by atoms with Gasteiger partial charge in [0.2, 0.25) is 5.91 Å². The highest BCUT2D eigenvalue weighted by molar-refractivity contribution is 6.02. The summed E-state index contributed by atoms with van der Waals surface area (Å²) in [5, 5.41) is 6.38. The zero-order valence-electron chi connectivity index (χ0n) is 21.1. The van der Waals surface area contributed by atoms with Gasteiger partial charge in [0.1, 0.15) is 12.3 Å². The van der Waals surface area contributed by atoms with Crippen LogP contribution in [0.5, 0.6) is 5.75 Å². The molecule has 9 nitrogen and oxygen atoms in total. The Bertz CT molecular complexity index is 1120. The number of amides is 2. The number of carbonyl (C=O) groups is 2. The van der Waals surface area contributed by atoms with Crippen molar-refractivity contribution in [1.29, 1.82) is 0 Å². The number of hydrogen-bond donors (Lipinski definition) is 0. The first kappa shape index (κ1) is 24.5. The molecule has 1 saturated carbocycles. The Morgan fingerprint density at radius 1 is 1.14 bits per heavy atom. The molecule has 1 saturated heterocycles. The first-order valence-corrected chi connectivity index (χ1v) is 12.8. The Kier molecular flexibility index (Phi) is 7.38. The van der Waals surface area contributed by atoms with E-state index in [2.05, 4.69) is 4.90 Å². The lowest BCUT2D eigenvalue weighted by molar-refractivity contribution is -0.142. The number of hydrazone groups is 1. The highest BCUT2D eigenvalue weighted by atomic mass is 16.5. The van der Waals surface area contributed by atoms with E-state index in [4.69, 9.17) is 14.6 Å². The van der Waals surface area contributed by atoms with Crippen LogP contribution in [-0.2, 0) is 21.4 Å². The Labute approximate surface area is 212 Å². The number of hydrogen-bond acceptors (Lipinski definition) is 6. The molecule has 3 heterocycles. The molecule has 3 aliphatic rings. The van der Waals surface area contributed by atoms with Crippen molar-refractivity contribution < 1.29 is 19.1 Å². The molecule has 2 amide bonds. The fraction of sp³-hybridized carbons (Fsp3) is 0.519. The van der Waals surface area contributed by atoms with Crippen LogP contribution in [0.25, 0.3) is 0 Å². The number of aryl methyl sites for hydroxylation is 1. The smallest absolute Gasteiger partial charge is 0.262 e. The van der Waals surface area contributed by atoms with Gasteiger partial charge in [-0.25, -0.2) is 5.01 Å². The zero-order valence-corrected chi connectivity index (χ0v) is 21.1. The molecule has 1 aromatic carbocycles. The van der Waals surface area contributed by atoms with Crippen molar-refractivity contribution >= 4 is 17.5 Å². The van der Waals surface area contributed by atoms with Crippen molar-refractivity contribution in [3.63, 3.8) is 0 Å². The second-order valence-corrected chi connectivity index (χ2v) is 9.74. The van der Waals surface area contributed by atoms with E-state index in [0.29, 0.717) is 26.2 Å². The summed E-state index contributed by atoms with van der Waals surface area (Å²) >= 11 is 0. The zero-order chi connectivity index (χ0) is 25.1. The van der Waals surface area contributed by atoms with E-state index in [-0.39, 0.29) is 30.3 Å². The van der Waals surface area contributed by atoms with E-state index in [9.17, 15) is 9.59 Å². The highest BCUT2D eigenvalue weighted by Gasteiger charge is 2.39. The third kappa shape index (κ3) is 5.32. The molecule has 2 aliphatic heterocycles. The molecule has 0 radical (unpaired) electrons. The number of benzene rings is 1. The fourth-order valence-corrected chi connectivity index (χ4v) is 5.02. The van der Waals surface area contributed by atoms with Crippen LogP contribution in [0.3, 0.4) is 0 Å². The van der Waals surface area contributed by atoms with Gasteiger partial charge in [-0.05, 0) is 31.0 Å². The molecule has 1 aromatic heterocycles. The Balaban J connectivity index is 1.38. The van der Waals surface area contributed by atoms with Crippen LogP contribution in [0.15, 0.2) is 47.7 Å². The fourth-order valence-electron chi connectivity index (χ4n) is 5.02. The van der Waals surface area contributed by atoms with E-state index in [0.717, 1.165) is 55.2 Å². The number of carbonyl (C=O) groups excluding carboxylic acids is 2. The van der Waals surface area contributed by atoms with Crippen LogP contribution in [0, 0.1) is 5.92 Å². The van der Waals surface area contributed by atoms with Gasteiger partial charge in [0, 0.05) is 57.3 Å². The average molecular weight is 494 g/mol. The maximum atomic E-state index is 13.8. The molecule has 5 rings (SSSR count). The van der Waals surface area contributed by atoms with E-state index >= 15 is 0 Å². The summed E-state index contributed by atoms with van der Waals surface area (Å²) in [6.45, 7) is 4.42. The molecule has 2 aromatic rings. The van der Waals surface area contributed by atoms with Gasteiger partial charge in [0.05, 0.1) is 37.8 Å². The minimum atomic E-state index is -0.296. The van der Waals surface area contributed by atoms with E-state index in [1.54, 1.807) is 17.0 Å². The van der Waals surface area contributed by atoms with Gasteiger partial charge >= 0.3 is 0 Å². The number of methoxy groups -OCH3 is 1. The first-order valence-electron chi connectivity index (χ1n) is 12.8. The lowest BCUT2D eigenvalue weighted by atomic mass is 9.99. The van der Waals surface area contributed by atoms with Crippen LogP contribution in [-0.4, -0.2) is 89.9 Å². The van der Waals surface area contributed by atoms with Crippen molar-refractivity contribution in [2.45, 2.75) is 25.3 Å². The highest BCUT2D eigenvalue weighted by Crippen LogP contribution is 2.38. The quantitative estimate of drug-likeness (QED) is 0.536. The second-order valence-electron chi connectivity index (χ2n) is 9.74. The number of nitrogens with zero attached hydrogens (tertiary/aromatic N) is 5. The Morgan fingerprint density at radius 3 is 2.61 bits per heavy atom. The van der Waals surface area contributed by atoms with Gasteiger partial charge < -0.3 is 18.9 Å². The summed E-state index contributed by atoms with van der Waals surface area (Å²) < 4.78 is 13.1. The molecule has 9 heteroatoms. The topological polar surface area (TPSA) is 79.6 Å². The largest absolute Gasteiger partial charge is 0.496 e. The van der Waals surface area contributed by atoms with Gasteiger partial charge in [-0.3, -0.25) is 14.5 Å². The first-order chi connectivity index (χ1) is 17.5. The number of para-hydroxylation sites is 1. The number of morpholine rings is 1. The summed E-state index contributed by atoms with van der Waals surface area (Å²) in [5.74, 6) is 0.678. The summed E-state index contributed by atoms with van der Waals surface area (Å²) in [6, 6.07) is 11.5. The SMILES string of the molecule is COc1ccccc1[C@@H]1CC(c2cccn2C)=NN1C(=O)CN(CCN1CCOCC1)C(=O)C1CC1. The molecule has 1 aliphatic carbocycles. The maximum absolute atomic E-state index is 13.8. The Hall–Kier alpha value is -3.17. The van der Waals surface area contributed by atoms with Gasteiger partial charge in [-0.15, -0.1) is 0 Å². The lowest BCUT2D eigenvalue weighted by Crippen LogP contribution is -2.47. The summed E-state index contributed by atoms with van der Waals surface area (Å²) in [5.41, 5.74) is 2.73. The predicted molar refractivity (Wildman–Crippen MR) is 136 cm³/mol. The van der Waals surface area contributed by atoms with Crippen LogP contribution >= 0.6 is 0 Å². The van der Waals surface area contributed by atoms with E-state index in [1.807, 2.05) is 54.2 Å². The molecule has 192 valence electrons. The molecule has 2 fully saturated rings. The third-order valence-corrected chi connectivity index (χ3v) is 7.26. The minimum absolute atomic E-state index is 0.0231. The summed E-state index contributed by atoms with van der Waals surface area (Å²) in [7, 11) is 3.61. The Morgan fingerprint density at radius 2 is 1.92 bits per heavy atom. The van der Waals surface area contributed by atoms with Gasteiger partial charge in [0.25, 0.3) is 5.91 Å². The normalized spacial score (nSPS) is 20.3. The monoisotopic (exact) mass is 493 g/mol. The summed E-state index contributed by atoms with van der Waals surface area (Å²) in [6.07, 6.45) is 4.37. The average Bonchev–Trinajstić information content (AvgIpc) is 3.53. The van der Waals surface area contributed by atoms with E-state index < -0.39 is 0 Å². The summed E-state index contributed by atoms with van der Waals surface area (Å²) in [4.78, 5) is 30.9. The predicted octanol–water partition coefficient (Wildman–Crippen LogP) is 2.28. The molecule has 0 unspecified atom stereocenters. The molecule has 1 atom stereocenters. The lowest BCUT2D eigenvalue weighted by Gasteiger charge is -2.31. The van der Waals surface area contributed by atoms with Gasteiger partial charge in [0.15, 0.2) is 0 Å². The molecule has 0 spiro atoms. The van der Waals surface area contributed by atoms with Gasteiger partial charge in [-0.2, -0.15) is 5.10 Å². The van der Waals surface area contributed by atoms with Gasteiger partial charge in [-0.1, -0.05) is 18.2 Å². The van der Waals surface area contributed by atoms with Crippen LogP contribution < -0.4 is 4.74 Å². The van der Waals surface area contributed by atoms with Crippen molar-refractivity contribution in [2.24, 2.45) is 18.1 Å². The number of aromatic nitrogens is 1. The van der Waals surface area contributed by atoms with Crippen molar-refractivity contribution in [1.82, 2.24) is 19.4 Å². The van der Waals surface area contributed by atoms with Crippen LogP contribution in [0.4, 0.5) is 0 Å².